The van der Waals surface area contributed by atoms with Crippen LogP contribution in [0.25, 0.3) is 10.8 Å². The van der Waals surface area contributed by atoms with Crippen LogP contribution in [-0.2, 0) is 5.41 Å². The molecular formula is C24H24N2O2. The van der Waals surface area contributed by atoms with Gasteiger partial charge in [-0.3, -0.25) is 4.79 Å². The molecular weight excluding hydrogens is 348 g/mol. The third-order valence-corrected chi connectivity index (χ3v) is 6.53. The Labute approximate surface area is 164 Å². The van der Waals surface area contributed by atoms with E-state index in [1.807, 2.05) is 60.7 Å². The molecule has 1 amide bonds. The van der Waals surface area contributed by atoms with Crippen molar-refractivity contribution in [2.24, 2.45) is 0 Å². The number of fused-ring (bicyclic) bond motifs is 3. The van der Waals surface area contributed by atoms with E-state index in [1.54, 1.807) is 0 Å². The Bertz CT molecular complexity index is 1030. The van der Waals surface area contributed by atoms with Crippen molar-refractivity contribution in [1.82, 2.24) is 10.6 Å². The number of carbonyl (C=O) groups excluding carboxylic acids is 1. The van der Waals surface area contributed by atoms with E-state index in [0.717, 1.165) is 42.3 Å². The van der Waals surface area contributed by atoms with Crippen LogP contribution in [0.3, 0.4) is 0 Å². The molecule has 3 aromatic rings. The standard InChI is InChI=1S/C24H24N2O2/c27-22-21(19-9-3-4-11-20(19)24(22)12-14-25-15-13-24)26-23(28)18-10-5-7-16-6-1-2-8-17(16)18/h1-11,21-22,25,27H,12-15H2,(H,26,28)/t21-,22+/m0/s1. The minimum absolute atomic E-state index is 0.137. The summed E-state index contributed by atoms with van der Waals surface area (Å²) in [6, 6.07) is 21.5. The lowest BCUT2D eigenvalue weighted by atomic mass is 9.72. The predicted octanol–water partition coefficient (Wildman–Crippen LogP) is 3.31. The summed E-state index contributed by atoms with van der Waals surface area (Å²) in [4.78, 5) is 13.2. The maximum atomic E-state index is 13.2. The molecule has 0 radical (unpaired) electrons. The van der Waals surface area contributed by atoms with Gasteiger partial charge in [-0.15, -0.1) is 0 Å². The summed E-state index contributed by atoms with van der Waals surface area (Å²) in [7, 11) is 0. The second kappa shape index (κ2) is 6.73. The highest BCUT2D eigenvalue weighted by atomic mass is 16.3. The van der Waals surface area contributed by atoms with E-state index in [4.69, 9.17) is 0 Å². The zero-order chi connectivity index (χ0) is 19.1. The van der Waals surface area contributed by atoms with Crippen molar-refractivity contribution in [3.05, 3.63) is 83.4 Å². The Kier molecular flexibility index (Phi) is 4.18. The number of carbonyl (C=O) groups is 1. The van der Waals surface area contributed by atoms with Crippen molar-refractivity contribution in [2.75, 3.05) is 13.1 Å². The number of aliphatic hydroxyl groups excluding tert-OH is 1. The number of benzene rings is 3. The highest BCUT2D eigenvalue weighted by molar-refractivity contribution is 6.07. The van der Waals surface area contributed by atoms with E-state index in [-0.39, 0.29) is 17.4 Å². The first kappa shape index (κ1) is 17.4. The van der Waals surface area contributed by atoms with Crippen LogP contribution in [0, 0.1) is 0 Å². The largest absolute Gasteiger partial charge is 0.390 e. The Balaban J connectivity index is 1.52. The van der Waals surface area contributed by atoms with E-state index >= 15 is 0 Å². The number of hydrogen-bond donors (Lipinski definition) is 3. The van der Waals surface area contributed by atoms with Crippen molar-refractivity contribution >= 4 is 16.7 Å². The van der Waals surface area contributed by atoms with Crippen molar-refractivity contribution in [3.8, 4) is 0 Å². The number of aliphatic hydroxyl groups is 1. The molecule has 2 atom stereocenters. The van der Waals surface area contributed by atoms with Gasteiger partial charge < -0.3 is 15.7 Å². The molecule has 4 heteroatoms. The average Bonchev–Trinajstić information content (AvgIpc) is 2.97. The number of piperidine rings is 1. The van der Waals surface area contributed by atoms with Crippen LogP contribution in [0.2, 0.25) is 0 Å². The predicted molar refractivity (Wildman–Crippen MR) is 110 cm³/mol. The van der Waals surface area contributed by atoms with Gasteiger partial charge in [0.1, 0.15) is 0 Å². The fraction of sp³-hybridized carbons (Fsp3) is 0.292. The SMILES string of the molecule is O=C(N[C@H]1c2ccccc2C2(CCNCC2)[C@@H]1O)c1cccc2ccccc12. The van der Waals surface area contributed by atoms with Gasteiger partial charge in [-0.25, -0.2) is 0 Å². The molecule has 142 valence electrons. The molecule has 1 aliphatic heterocycles. The maximum absolute atomic E-state index is 13.2. The summed E-state index contributed by atoms with van der Waals surface area (Å²) >= 11 is 0. The molecule has 28 heavy (non-hydrogen) atoms. The monoisotopic (exact) mass is 372 g/mol. The Morgan fingerprint density at radius 2 is 1.68 bits per heavy atom. The van der Waals surface area contributed by atoms with Crippen LogP contribution in [-0.4, -0.2) is 30.2 Å². The second-order valence-electron chi connectivity index (χ2n) is 7.92. The molecule has 0 saturated carbocycles. The second-order valence-corrected chi connectivity index (χ2v) is 7.92. The summed E-state index contributed by atoms with van der Waals surface area (Å²) in [6.07, 6.45) is 1.14. The van der Waals surface area contributed by atoms with Gasteiger partial charge >= 0.3 is 0 Å². The van der Waals surface area contributed by atoms with Crippen molar-refractivity contribution in [3.63, 3.8) is 0 Å². The van der Waals surface area contributed by atoms with E-state index in [0.29, 0.717) is 5.56 Å². The zero-order valence-corrected chi connectivity index (χ0v) is 15.7. The van der Waals surface area contributed by atoms with E-state index < -0.39 is 6.10 Å². The van der Waals surface area contributed by atoms with Gasteiger partial charge in [0.05, 0.1) is 12.1 Å². The molecule has 4 nitrogen and oxygen atoms in total. The van der Waals surface area contributed by atoms with Gasteiger partial charge in [0.2, 0.25) is 0 Å². The van der Waals surface area contributed by atoms with Crippen molar-refractivity contribution in [1.29, 1.82) is 0 Å². The smallest absolute Gasteiger partial charge is 0.252 e. The summed E-state index contributed by atoms with van der Waals surface area (Å²) in [5.74, 6) is -0.137. The number of nitrogens with one attached hydrogen (secondary N) is 2. The van der Waals surface area contributed by atoms with Crippen LogP contribution < -0.4 is 10.6 Å². The van der Waals surface area contributed by atoms with Gasteiger partial charge in [-0.05, 0) is 53.9 Å². The first-order valence-electron chi connectivity index (χ1n) is 9.97. The molecule has 2 aliphatic rings. The molecule has 3 aromatic carbocycles. The highest BCUT2D eigenvalue weighted by Crippen LogP contribution is 2.50. The fourth-order valence-electron chi connectivity index (χ4n) is 5.11. The normalized spacial score (nSPS) is 22.9. The molecule has 1 spiro atoms. The summed E-state index contributed by atoms with van der Waals surface area (Å²) in [6.45, 7) is 1.77. The van der Waals surface area contributed by atoms with E-state index in [9.17, 15) is 9.90 Å². The summed E-state index contributed by atoms with van der Waals surface area (Å²) in [5, 5.41) is 19.9. The molecule has 1 fully saturated rings. The van der Waals surface area contributed by atoms with Gasteiger partial charge in [0.15, 0.2) is 0 Å². The number of rotatable bonds is 2. The van der Waals surface area contributed by atoms with Gasteiger partial charge in [-0.1, -0.05) is 60.7 Å². The van der Waals surface area contributed by atoms with Crippen LogP contribution in [0.15, 0.2) is 66.7 Å². The molecule has 1 aliphatic carbocycles. The Hall–Kier alpha value is -2.69. The molecule has 1 saturated heterocycles. The molecule has 0 bridgehead atoms. The maximum Gasteiger partial charge on any atom is 0.252 e. The summed E-state index contributed by atoms with van der Waals surface area (Å²) < 4.78 is 0. The third-order valence-electron chi connectivity index (χ3n) is 6.53. The molecule has 0 unspecified atom stereocenters. The van der Waals surface area contributed by atoms with Gasteiger partial charge in [0, 0.05) is 11.0 Å². The first-order chi connectivity index (χ1) is 13.7. The number of amides is 1. The van der Waals surface area contributed by atoms with Crippen LogP contribution >= 0.6 is 0 Å². The topological polar surface area (TPSA) is 61.4 Å². The summed E-state index contributed by atoms with van der Waals surface area (Å²) in [5.41, 5.74) is 2.60. The quantitative estimate of drug-likeness (QED) is 0.647. The minimum atomic E-state index is -0.620. The lowest BCUT2D eigenvalue weighted by Gasteiger charge is -2.38. The third kappa shape index (κ3) is 2.56. The highest BCUT2D eigenvalue weighted by Gasteiger charge is 2.52. The average molecular weight is 372 g/mol. The first-order valence-corrected chi connectivity index (χ1v) is 9.97. The van der Waals surface area contributed by atoms with Crippen LogP contribution in [0.1, 0.15) is 40.4 Å². The Morgan fingerprint density at radius 3 is 2.54 bits per heavy atom. The molecule has 0 aromatic heterocycles. The van der Waals surface area contributed by atoms with Crippen molar-refractivity contribution < 1.29 is 9.90 Å². The fourth-order valence-corrected chi connectivity index (χ4v) is 5.11. The van der Waals surface area contributed by atoms with E-state index in [2.05, 4.69) is 16.7 Å². The molecule has 3 N–H and O–H groups in total. The lowest BCUT2D eigenvalue weighted by Crippen LogP contribution is -2.48. The molecule has 5 rings (SSSR count). The van der Waals surface area contributed by atoms with Gasteiger partial charge in [0.25, 0.3) is 5.91 Å². The molecule has 1 heterocycles. The van der Waals surface area contributed by atoms with Gasteiger partial charge in [-0.2, -0.15) is 0 Å². The van der Waals surface area contributed by atoms with E-state index in [1.165, 1.54) is 5.56 Å². The zero-order valence-electron chi connectivity index (χ0n) is 15.7. The lowest BCUT2D eigenvalue weighted by molar-refractivity contribution is 0.0418. The van der Waals surface area contributed by atoms with Crippen LogP contribution in [0.4, 0.5) is 0 Å². The number of hydrogen-bond acceptors (Lipinski definition) is 3. The van der Waals surface area contributed by atoms with Crippen LogP contribution in [0.5, 0.6) is 0 Å². The van der Waals surface area contributed by atoms with Crippen molar-refractivity contribution in [2.45, 2.75) is 30.4 Å². The minimum Gasteiger partial charge on any atom is -0.390 e. The Morgan fingerprint density at radius 1 is 0.964 bits per heavy atom.